The van der Waals surface area contributed by atoms with Crippen LogP contribution in [0.25, 0.3) is 11.1 Å². The monoisotopic (exact) mass is 461 g/mol. The SMILES string of the molecule is CN(CCCCC=O)C(=O)CCN1CCC2(CC1)CC(Nc1ccccc1-c1ccccc1)C2. The quantitative estimate of drug-likeness (QED) is 0.368. The number of carbonyl (C=O) groups is 2. The van der Waals surface area contributed by atoms with Crippen molar-refractivity contribution in [3.05, 3.63) is 54.6 Å². The summed E-state index contributed by atoms with van der Waals surface area (Å²) in [5.41, 5.74) is 4.25. The van der Waals surface area contributed by atoms with Crippen molar-refractivity contribution in [1.82, 2.24) is 9.80 Å². The fourth-order valence-electron chi connectivity index (χ4n) is 5.59. The first-order chi connectivity index (χ1) is 16.6. The van der Waals surface area contributed by atoms with Crippen molar-refractivity contribution in [2.75, 3.05) is 38.5 Å². The summed E-state index contributed by atoms with van der Waals surface area (Å²) in [6.45, 7) is 3.81. The molecule has 2 aromatic rings. The Hall–Kier alpha value is -2.66. The Morgan fingerprint density at radius 2 is 1.76 bits per heavy atom. The van der Waals surface area contributed by atoms with Crippen LogP contribution in [0, 0.1) is 5.41 Å². The Morgan fingerprint density at radius 1 is 1.06 bits per heavy atom. The van der Waals surface area contributed by atoms with Gasteiger partial charge in [-0.15, -0.1) is 0 Å². The lowest BCUT2D eigenvalue weighted by atomic mass is 9.60. The minimum Gasteiger partial charge on any atom is -0.382 e. The molecule has 0 bridgehead atoms. The first kappa shape index (κ1) is 24.5. The first-order valence-electron chi connectivity index (χ1n) is 12.9. The number of unbranched alkanes of at least 4 members (excludes halogenated alkanes) is 2. The third-order valence-electron chi connectivity index (χ3n) is 7.78. The Bertz CT molecular complexity index is 929. The first-order valence-corrected chi connectivity index (χ1v) is 12.9. The normalized spacial score (nSPS) is 17.8. The molecule has 2 aliphatic rings. The second-order valence-electron chi connectivity index (χ2n) is 10.2. The van der Waals surface area contributed by atoms with Crippen molar-refractivity contribution in [3.8, 4) is 11.1 Å². The number of anilines is 1. The molecule has 0 unspecified atom stereocenters. The van der Waals surface area contributed by atoms with Gasteiger partial charge in [-0.3, -0.25) is 4.79 Å². The molecule has 1 saturated carbocycles. The third-order valence-corrected chi connectivity index (χ3v) is 7.78. The molecule has 5 heteroatoms. The fraction of sp³-hybridized carbons (Fsp3) is 0.517. The van der Waals surface area contributed by atoms with Gasteiger partial charge >= 0.3 is 0 Å². The average molecular weight is 462 g/mol. The van der Waals surface area contributed by atoms with Gasteiger partial charge in [0.25, 0.3) is 0 Å². The highest BCUT2D eigenvalue weighted by atomic mass is 16.2. The van der Waals surface area contributed by atoms with Gasteiger partial charge in [-0.05, 0) is 68.7 Å². The van der Waals surface area contributed by atoms with E-state index in [1.54, 1.807) is 0 Å². The lowest BCUT2D eigenvalue weighted by Crippen LogP contribution is -2.51. The van der Waals surface area contributed by atoms with E-state index in [2.05, 4.69) is 64.8 Å². The van der Waals surface area contributed by atoms with E-state index in [0.717, 1.165) is 45.3 Å². The zero-order valence-corrected chi connectivity index (χ0v) is 20.5. The van der Waals surface area contributed by atoms with Crippen molar-refractivity contribution in [3.63, 3.8) is 0 Å². The smallest absolute Gasteiger partial charge is 0.223 e. The van der Waals surface area contributed by atoms with Crippen LogP contribution in [0.3, 0.4) is 0 Å². The molecule has 182 valence electrons. The molecular formula is C29H39N3O2. The highest BCUT2D eigenvalue weighted by Crippen LogP contribution is 2.50. The number of piperidine rings is 1. The second kappa shape index (κ2) is 11.7. The minimum atomic E-state index is 0.219. The van der Waals surface area contributed by atoms with Gasteiger partial charge in [-0.25, -0.2) is 0 Å². The van der Waals surface area contributed by atoms with E-state index >= 15 is 0 Å². The average Bonchev–Trinajstić information content (AvgIpc) is 2.86. The van der Waals surface area contributed by atoms with Crippen molar-refractivity contribution >= 4 is 17.9 Å². The van der Waals surface area contributed by atoms with Gasteiger partial charge in [-0.2, -0.15) is 0 Å². The predicted molar refractivity (Wildman–Crippen MR) is 139 cm³/mol. The van der Waals surface area contributed by atoms with Crippen LogP contribution in [-0.4, -0.2) is 61.3 Å². The van der Waals surface area contributed by atoms with Gasteiger partial charge in [0.1, 0.15) is 6.29 Å². The summed E-state index contributed by atoms with van der Waals surface area (Å²) in [4.78, 5) is 27.1. The molecule has 4 rings (SSSR count). The number of benzene rings is 2. The molecule has 1 amide bonds. The maximum Gasteiger partial charge on any atom is 0.223 e. The third kappa shape index (κ3) is 6.26. The Kier molecular flexibility index (Phi) is 8.39. The van der Waals surface area contributed by atoms with Crippen LogP contribution in [-0.2, 0) is 9.59 Å². The number of nitrogens with zero attached hydrogens (tertiary/aromatic N) is 2. The molecule has 0 atom stereocenters. The standard InChI is InChI=1S/C29H39N3O2/c1-31(17-8-3-9-21-33)28(34)14-18-32-19-15-29(16-20-32)22-25(23-29)30-27-13-7-6-12-26(27)24-10-4-2-5-11-24/h2,4-7,10-13,21,25,30H,3,8-9,14-20,22-23H2,1H3. The van der Waals surface area contributed by atoms with Crippen LogP contribution in [0.5, 0.6) is 0 Å². The zero-order valence-electron chi connectivity index (χ0n) is 20.5. The number of hydrogen-bond acceptors (Lipinski definition) is 4. The summed E-state index contributed by atoms with van der Waals surface area (Å²) in [5.74, 6) is 0.219. The van der Waals surface area contributed by atoms with Crippen molar-refractivity contribution in [1.29, 1.82) is 0 Å². The van der Waals surface area contributed by atoms with Crippen LogP contribution in [0.4, 0.5) is 5.69 Å². The molecule has 2 fully saturated rings. The maximum atomic E-state index is 12.4. The number of aldehydes is 1. The van der Waals surface area contributed by atoms with Gasteiger partial charge in [-0.1, -0.05) is 48.5 Å². The Balaban J connectivity index is 1.18. The van der Waals surface area contributed by atoms with Crippen molar-refractivity contribution in [2.45, 2.75) is 57.4 Å². The molecule has 1 saturated heterocycles. The molecule has 2 aromatic carbocycles. The Labute approximate surface area is 204 Å². The Morgan fingerprint density at radius 3 is 2.50 bits per heavy atom. The summed E-state index contributed by atoms with van der Waals surface area (Å²) in [7, 11) is 1.88. The van der Waals surface area contributed by atoms with E-state index in [1.807, 2.05) is 11.9 Å². The molecule has 1 N–H and O–H groups in total. The van der Waals surface area contributed by atoms with E-state index in [1.165, 1.54) is 42.5 Å². The fourth-order valence-corrected chi connectivity index (χ4v) is 5.59. The van der Waals surface area contributed by atoms with E-state index in [4.69, 9.17) is 0 Å². The molecule has 0 radical (unpaired) electrons. The molecular weight excluding hydrogens is 422 g/mol. The van der Waals surface area contributed by atoms with Crippen LogP contribution >= 0.6 is 0 Å². The van der Waals surface area contributed by atoms with Gasteiger partial charge < -0.3 is 19.9 Å². The molecule has 5 nitrogen and oxygen atoms in total. The summed E-state index contributed by atoms with van der Waals surface area (Å²) < 4.78 is 0. The van der Waals surface area contributed by atoms with Crippen LogP contribution in [0.15, 0.2) is 54.6 Å². The maximum absolute atomic E-state index is 12.4. The van der Waals surface area contributed by atoms with Gasteiger partial charge in [0.15, 0.2) is 0 Å². The number of rotatable bonds is 11. The summed E-state index contributed by atoms with van der Waals surface area (Å²) >= 11 is 0. The molecule has 34 heavy (non-hydrogen) atoms. The zero-order chi connectivity index (χ0) is 23.8. The largest absolute Gasteiger partial charge is 0.382 e. The lowest BCUT2D eigenvalue weighted by Gasteiger charge is -2.52. The van der Waals surface area contributed by atoms with E-state index in [9.17, 15) is 9.59 Å². The van der Waals surface area contributed by atoms with E-state index in [0.29, 0.717) is 24.3 Å². The lowest BCUT2D eigenvalue weighted by molar-refractivity contribution is -0.130. The second-order valence-corrected chi connectivity index (χ2v) is 10.2. The van der Waals surface area contributed by atoms with E-state index < -0.39 is 0 Å². The van der Waals surface area contributed by atoms with Crippen molar-refractivity contribution in [2.24, 2.45) is 5.41 Å². The minimum absolute atomic E-state index is 0.219. The molecule has 1 aliphatic carbocycles. The molecule has 1 heterocycles. The van der Waals surface area contributed by atoms with Crippen LogP contribution < -0.4 is 5.32 Å². The molecule has 0 aromatic heterocycles. The number of para-hydroxylation sites is 1. The number of carbonyl (C=O) groups excluding carboxylic acids is 2. The molecule has 1 aliphatic heterocycles. The van der Waals surface area contributed by atoms with Crippen molar-refractivity contribution < 1.29 is 9.59 Å². The van der Waals surface area contributed by atoms with Crippen LogP contribution in [0.2, 0.25) is 0 Å². The van der Waals surface area contributed by atoms with Gasteiger partial charge in [0.2, 0.25) is 5.91 Å². The summed E-state index contributed by atoms with van der Waals surface area (Å²) in [6.07, 6.45) is 8.86. The molecule has 1 spiro atoms. The number of nitrogens with one attached hydrogen (secondary N) is 1. The highest BCUT2D eigenvalue weighted by Gasteiger charge is 2.45. The topological polar surface area (TPSA) is 52.7 Å². The van der Waals surface area contributed by atoms with Gasteiger partial charge in [0.05, 0.1) is 0 Å². The number of hydrogen-bond donors (Lipinski definition) is 1. The predicted octanol–water partition coefficient (Wildman–Crippen LogP) is 5.23. The van der Waals surface area contributed by atoms with Gasteiger partial charge in [0, 0.05) is 50.3 Å². The number of likely N-dealkylation sites (tertiary alicyclic amines) is 1. The summed E-state index contributed by atoms with van der Waals surface area (Å²) in [6, 6.07) is 19.8. The highest BCUT2D eigenvalue weighted by molar-refractivity contribution is 5.78. The van der Waals surface area contributed by atoms with E-state index in [-0.39, 0.29) is 5.91 Å². The van der Waals surface area contributed by atoms with Crippen LogP contribution in [0.1, 0.15) is 51.4 Å². The summed E-state index contributed by atoms with van der Waals surface area (Å²) in [5, 5.41) is 3.82. The number of amides is 1.